The van der Waals surface area contributed by atoms with Crippen LogP contribution in [0.5, 0.6) is 5.75 Å². The van der Waals surface area contributed by atoms with Crippen molar-refractivity contribution in [2.75, 3.05) is 13.2 Å². The number of aliphatic imine (C=N–C) groups is 1. The number of carboxylic acids is 1. The van der Waals surface area contributed by atoms with Crippen molar-refractivity contribution in [2.45, 2.75) is 65.2 Å². The topological polar surface area (TPSA) is 85.2 Å². The summed E-state index contributed by atoms with van der Waals surface area (Å²) in [6, 6.07) is 2.88. The van der Waals surface area contributed by atoms with E-state index >= 15 is 0 Å². The zero-order chi connectivity index (χ0) is 23.2. The van der Waals surface area contributed by atoms with Crippen LogP contribution >= 0.6 is 0 Å². The minimum atomic E-state index is -4.44. The molecular formula is C22H28F3NO5. The monoisotopic (exact) mass is 443 g/mol. The average molecular weight is 443 g/mol. The standard InChI is InChI=1S/C22H28F3NO5/c1-4-30-16-6-5-7-21(11-16,20(28)29)12-26-19(27)10-18-14(2)8-17(9-15(18)3)31-13-22(23,24)25/h8-9,12,16H,4-7,10-11,13H2,1-3H3,(H,28,29). The highest BCUT2D eigenvalue weighted by Gasteiger charge is 2.42. The molecule has 0 aliphatic heterocycles. The predicted octanol–water partition coefficient (Wildman–Crippen LogP) is 4.43. The molecule has 2 atom stereocenters. The van der Waals surface area contributed by atoms with Crippen LogP contribution in [-0.4, -0.2) is 48.7 Å². The van der Waals surface area contributed by atoms with Gasteiger partial charge in [0.25, 0.3) is 0 Å². The van der Waals surface area contributed by atoms with Gasteiger partial charge in [0.1, 0.15) is 11.2 Å². The first-order valence-corrected chi connectivity index (χ1v) is 10.2. The summed E-state index contributed by atoms with van der Waals surface area (Å²) < 4.78 is 47.4. The fourth-order valence-corrected chi connectivity index (χ4v) is 3.87. The number of aliphatic carboxylic acids is 1. The van der Waals surface area contributed by atoms with E-state index in [1.165, 1.54) is 18.3 Å². The van der Waals surface area contributed by atoms with Crippen molar-refractivity contribution in [1.82, 2.24) is 0 Å². The van der Waals surface area contributed by atoms with E-state index in [1.807, 2.05) is 6.92 Å². The van der Waals surface area contributed by atoms with Crippen molar-refractivity contribution in [3.8, 4) is 5.75 Å². The van der Waals surface area contributed by atoms with Gasteiger partial charge < -0.3 is 14.6 Å². The summed E-state index contributed by atoms with van der Waals surface area (Å²) in [6.07, 6.45) is -1.41. The van der Waals surface area contributed by atoms with Crippen LogP contribution in [0.2, 0.25) is 0 Å². The van der Waals surface area contributed by atoms with Crippen LogP contribution in [0.25, 0.3) is 0 Å². The van der Waals surface area contributed by atoms with E-state index in [-0.39, 0.29) is 24.7 Å². The number of carbonyl (C=O) groups excluding carboxylic acids is 1. The van der Waals surface area contributed by atoms with Crippen molar-refractivity contribution in [2.24, 2.45) is 10.4 Å². The lowest BCUT2D eigenvalue weighted by Gasteiger charge is -2.34. The molecule has 1 fully saturated rings. The molecule has 1 amide bonds. The molecule has 2 rings (SSSR count). The summed E-state index contributed by atoms with van der Waals surface area (Å²) in [7, 11) is 0. The molecule has 6 nitrogen and oxygen atoms in total. The number of ether oxygens (including phenoxy) is 2. The number of hydrogen-bond donors (Lipinski definition) is 1. The van der Waals surface area contributed by atoms with Crippen molar-refractivity contribution in [3.05, 3.63) is 28.8 Å². The number of rotatable bonds is 8. The fraction of sp³-hybridized carbons (Fsp3) is 0.591. The largest absolute Gasteiger partial charge is 0.484 e. The first-order chi connectivity index (χ1) is 14.5. The van der Waals surface area contributed by atoms with Gasteiger partial charge >= 0.3 is 12.1 Å². The average Bonchev–Trinajstić information content (AvgIpc) is 2.67. The van der Waals surface area contributed by atoms with Crippen molar-refractivity contribution in [1.29, 1.82) is 0 Å². The minimum absolute atomic E-state index is 0.0704. The number of alkyl halides is 3. The third-order valence-electron chi connectivity index (χ3n) is 5.42. The molecule has 1 aliphatic rings. The molecule has 1 N–H and O–H groups in total. The summed E-state index contributed by atoms with van der Waals surface area (Å²) in [5.41, 5.74) is 0.583. The zero-order valence-corrected chi connectivity index (χ0v) is 17.9. The molecular weight excluding hydrogens is 415 g/mol. The van der Waals surface area contributed by atoms with Crippen LogP contribution in [0.3, 0.4) is 0 Å². The quantitative estimate of drug-likeness (QED) is 0.601. The Morgan fingerprint density at radius 2 is 1.94 bits per heavy atom. The van der Waals surface area contributed by atoms with E-state index in [9.17, 15) is 27.9 Å². The molecule has 0 radical (unpaired) electrons. The Balaban J connectivity index is 2.11. The van der Waals surface area contributed by atoms with E-state index < -0.39 is 30.1 Å². The highest BCUT2D eigenvalue weighted by molar-refractivity contribution is 5.99. The predicted molar refractivity (Wildman–Crippen MR) is 109 cm³/mol. The highest BCUT2D eigenvalue weighted by Crippen LogP contribution is 2.36. The van der Waals surface area contributed by atoms with Gasteiger partial charge in [-0.15, -0.1) is 0 Å². The molecule has 172 valence electrons. The van der Waals surface area contributed by atoms with Gasteiger partial charge in [0.2, 0.25) is 5.91 Å². The van der Waals surface area contributed by atoms with Crippen LogP contribution in [0.15, 0.2) is 17.1 Å². The lowest BCUT2D eigenvalue weighted by atomic mass is 9.73. The molecule has 1 saturated carbocycles. The van der Waals surface area contributed by atoms with Gasteiger partial charge in [0.05, 0.1) is 12.5 Å². The molecule has 1 aromatic carbocycles. The van der Waals surface area contributed by atoms with E-state index in [2.05, 4.69) is 4.99 Å². The van der Waals surface area contributed by atoms with Crippen LogP contribution in [0.4, 0.5) is 13.2 Å². The number of hydrogen-bond acceptors (Lipinski definition) is 4. The lowest BCUT2D eigenvalue weighted by Crippen LogP contribution is -2.40. The first kappa shape index (κ1) is 24.8. The smallest absolute Gasteiger partial charge is 0.422 e. The molecule has 31 heavy (non-hydrogen) atoms. The first-order valence-electron chi connectivity index (χ1n) is 10.2. The Morgan fingerprint density at radius 1 is 1.29 bits per heavy atom. The number of carbonyl (C=O) groups is 2. The Bertz CT molecular complexity index is 812. The second-order valence-corrected chi connectivity index (χ2v) is 7.90. The third-order valence-corrected chi connectivity index (χ3v) is 5.42. The number of carboxylic acid groups (broad SMARTS) is 1. The molecule has 1 aliphatic carbocycles. The number of amides is 1. The van der Waals surface area contributed by atoms with Crippen molar-refractivity contribution < 1.29 is 37.3 Å². The number of aryl methyl sites for hydroxylation is 2. The van der Waals surface area contributed by atoms with Gasteiger partial charge in [0, 0.05) is 12.8 Å². The minimum Gasteiger partial charge on any atom is -0.484 e. The normalized spacial score (nSPS) is 21.9. The number of halogens is 3. The molecule has 9 heteroatoms. The molecule has 1 aromatic rings. The Kier molecular flexibility index (Phi) is 8.22. The van der Waals surface area contributed by atoms with Gasteiger partial charge in [-0.1, -0.05) is 0 Å². The molecule has 0 saturated heterocycles. The van der Waals surface area contributed by atoms with E-state index in [4.69, 9.17) is 9.47 Å². The molecule has 0 aromatic heterocycles. The third kappa shape index (κ3) is 7.05. The van der Waals surface area contributed by atoms with Gasteiger partial charge in [0.15, 0.2) is 6.61 Å². The number of benzene rings is 1. The molecule has 2 unspecified atom stereocenters. The van der Waals surface area contributed by atoms with Gasteiger partial charge in [-0.05, 0) is 75.3 Å². The van der Waals surface area contributed by atoms with E-state index in [0.29, 0.717) is 36.1 Å². The zero-order valence-electron chi connectivity index (χ0n) is 17.9. The molecule has 0 heterocycles. The second-order valence-electron chi connectivity index (χ2n) is 7.90. The van der Waals surface area contributed by atoms with Gasteiger partial charge in [-0.2, -0.15) is 13.2 Å². The maximum atomic E-state index is 12.5. The van der Waals surface area contributed by atoms with E-state index in [1.54, 1.807) is 13.8 Å². The van der Waals surface area contributed by atoms with Gasteiger partial charge in [-0.3, -0.25) is 9.59 Å². The summed E-state index contributed by atoms with van der Waals surface area (Å²) in [4.78, 5) is 28.3. The summed E-state index contributed by atoms with van der Waals surface area (Å²) in [5, 5.41) is 9.75. The van der Waals surface area contributed by atoms with Crippen LogP contribution in [0.1, 0.15) is 49.3 Å². The maximum absolute atomic E-state index is 12.5. The van der Waals surface area contributed by atoms with Crippen LogP contribution < -0.4 is 4.74 Å². The summed E-state index contributed by atoms with van der Waals surface area (Å²) in [5.74, 6) is -1.48. The molecule has 0 bridgehead atoms. The highest BCUT2D eigenvalue weighted by atomic mass is 19.4. The summed E-state index contributed by atoms with van der Waals surface area (Å²) >= 11 is 0. The Morgan fingerprint density at radius 3 is 2.48 bits per heavy atom. The lowest BCUT2D eigenvalue weighted by molar-refractivity contribution is -0.153. The Labute approximate surface area is 179 Å². The SMILES string of the molecule is CCOC1CCCC(C=NC(=O)Cc2c(C)cc(OCC(F)(F)F)cc2C)(C(=O)O)C1. The maximum Gasteiger partial charge on any atom is 0.422 e. The summed E-state index contributed by atoms with van der Waals surface area (Å²) in [6.45, 7) is 4.28. The van der Waals surface area contributed by atoms with E-state index in [0.717, 1.165) is 6.42 Å². The molecule has 0 spiro atoms. The van der Waals surface area contributed by atoms with Crippen molar-refractivity contribution >= 4 is 18.1 Å². The van der Waals surface area contributed by atoms with Crippen LogP contribution in [0, 0.1) is 19.3 Å². The van der Waals surface area contributed by atoms with Crippen LogP contribution in [-0.2, 0) is 20.7 Å². The number of nitrogens with zero attached hydrogens (tertiary/aromatic N) is 1. The van der Waals surface area contributed by atoms with Gasteiger partial charge in [-0.25, -0.2) is 4.99 Å². The Hall–Kier alpha value is -2.42. The fourth-order valence-electron chi connectivity index (χ4n) is 3.87. The van der Waals surface area contributed by atoms with Crippen molar-refractivity contribution in [3.63, 3.8) is 0 Å². The second kappa shape index (κ2) is 10.3.